The topological polar surface area (TPSA) is 12.0 Å². The second-order valence-corrected chi connectivity index (χ2v) is 5.51. The predicted molar refractivity (Wildman–Crippen MR) is 75.4 cm³/mol. The van der Waals surface area contributed by atoms with Gasteiger partial charge in [0.25, 0.3) is 0 Å². The molecule has 0 radical (unpaired) electrons. The fraction of sp³-hybridized carbons (Fsp3) is 0.467. The van der Waals surface area contributed by atoms with Crippen molar-refractivity contribution in [1.82, 2.24) is 5.32 Å². The number of benzene rings is 1. The van der Waals surface area contributed by atoms with Gasteiger partial charge in [0.15, 0.2) is 0 Å². The lowest BCUT2D eigenvalue weighted by atomic mass is 9.90. The second-order valence-electron chi connectivity index (χ2n) is 4.45. The van der Waals surface area contributed by atoms with Crippen molar-refractivity contribution in [3.8, 4) is 12.3 Å². The van der Waals surface area contributed by atoms with Crippen molar-refractivity contribution in [1.29, 1.82) is 0 Å². The van der Waals surface area contributed by atoms with Crippen LogP contribution in [0.1, 0.15) is 30.7 Å². The Hall–Kier alpha value is -0.910. The van der Waals surface area contributed by atoms with Gasteiger partial charge in [-0.25, -0.2) is 0 Å². The Balaban J connectivity index is 2.04. The highest BCUT2D eigenvalue weighted by atomic mass is 32.2. The average molecular weight is 245 g/mol. The first-order chi connectivity index (χ1) is 8.36. The van der Waals surface area contributed by atoms with Crippen LogP contribution >= 0.6 is 11.8 Å². The van der Waals surface area contributed by atoms with E-state index in [0.29, 0.717) is 12.0 Å². The molecule has 1 aromatic rings. The molecule has 1 N–H and O–H groups in total. The van der Waals surface area contributed by atoms with E-state index >= 15 is 0 Å². The molecule has 0 spiro atoms. The number of terminal acetylenes is 1. The lowest BCUT2D eigenvalue weighted by molar-refractivity contribution is 0.451. The van der Waals surface area contributed by atoms with Crippen LogP contribution in [0.3, 0.4) is 0 Å². The summed E-state index contributed by atoms with van der Waals surface area (Å²) in [6.07, 6.45) is 8.48. The number of likely N-dealkylation sites (N-methyl/N-ethyl adjacent to an activating group) is 1. The maximum absolute atomic E-state index is 5.31. The molecule has 2 heteroatoms. The van der Waals surface area contributed by atoms with Gasteiger partial charge in [-0.2, -0.15) is 0 Å². The molecule has 90 valence electrons. The van der Waals surface area contributed by atoms with Gasteiger partial charge < -0.3 is 5.32 Å². The third-order valence-electron chi connectivity index (χ3n) is 3.43. The van der Waals surface area contributed by atoms with Gasteiger partial charge in [-0.15, -0.1) is 24.1 Å². The highest BCUT2D eigenvalue weighted by Gasteiger charge is 2.28. The van der Waals surface area contributed by atoms with E-state index in [2.05, 4.69) is 42.6 Å². The maximum atomic E-state index is 5.31. The van der Waals surface area contributed by atoms with Gasteiger partial charge in [-0.1, -0.05) is 18.2 Å². The molecule has 2 unspecified atom stereocenters. The Morgan fingerprint density at radius 3 is 3.12 bits per heavy atom. The van der Waals surface area contributed by atoms with E-state index in [0.717, 1.165) is 12.8 Å². The summed E-state index contributed by atoms with van der Waals surface area (Å²) in [5, 5.41) is 3.46. The number of thioether (sulfide) groups is 1. The lowest BCUT2D eigenvalue weighted by Gasteiger charge is -2.23. The fourth-order valence-corrected chi connectivity index (χ4v) is 3.82. The summed E-state index contributed by atoms with van der Waals surface area (Å²) < 4.78 is 0. The number of fused-ring (bicyclic) bond motifs is 1. The van der Waals surface area contributed by atoms with Crippen LogP contribution in [0.2, 0.25) is 0 Å². The standard InChI is InChI=1S/C15H19NS/c1-3-4-5-9-14(16-2)13-11-17-15-10-7-6-8-12(13)15/h1,6-8,10,13-14,16H,4-5,9,11H2,2H3. The molecule has 0 saturated heterocycles. The highest BCUT2D eigenvalue weighted by Crippen LogP contribution is 2.41. The highest BCUT2D eigenvalue weighted by molar-refractivity contribution is 7.99. The van der Waals surface area contributed by atoms with E-state index in [1.54, 1.807) is 0 Å². The van der Waals surface area contributed by atoms with Gasteiger partial charge in [0.1, 0.15) is 0 Å². The summed E-state index contributed by atoms with van der Waals surface area (Å²) >= 11 is 1.98. The summed E-state index contributed by atoms with van der Waals surface area (Å²) in [6.45, 7) is 0. The van der Waals surface area contributed by atoms with Crippen LogP contribution in [0.15, 0.2) is 29.2 Å². The van der Waals surface area contributed by atoms with Crippen LogP contribution in [0.25, 0.3) is 0 Å². The molecule has 17 heavy (non-hydrogen) atoms. The van der Waals surface area contributed by atoms with Crippen LogP contribution in [0.5, 0.6) is 0 Å². The van der Waals surface area contributed by atoms with Gasteiger partial charge in [-0.05, 0) is 31.5 Å². The summed E-state index contributed by atoms with van der Waals surface area (Å²) in [5.74, 6) is 4.56. The van der Waals surface area contributed by atoms with Crippen molar-refractivity contribution in [2.75, 3.05) is 12.8 Å². The molecule has 1 aliphatic heterocycles. The Morgan fingerprint density at radius 2 is 2.35 bits per heavy atom. The minimum absolute atomic E-state index is 0.555. The summed E-state index contributed by atoms with van der Waals surface area (Å²) in [4.78, 5) is 1.45. The molecule has 2 rings (SSSR count). The number of hydrogen-bond donors (Lipinski definition) is 1. The normalized spacial score (nSPS) is 19.6. The molecule has 0 saturated carbocycles. The minimum atomic E-state index is 0.555. The van der Waals surface area contributed by atoms with Crippen LogP contribution < -0.4 is 5.32 Å². The van der Waals surface area contributed by atoms with Gasteiger partial charge in [0.2, 0.25) is 0 Å². The lowest BCUT2D eigenvalue weighted by Crippen LogP contribution is -2.32. The molecular formula is C15H19NS. The summed E-state index contributed by atoms with van der Waals surface area (Å²) in [6, 6.07) is 9.33. The summed E-state index contributed by atoms with van der Waals surface area (Å²) in [5.41, 5.74) is 1.51. The Morgan fingerprint density at radius 1 is 1.53 bits per heavy atom. The molecule has 0 amide bonds. The van der Waals surface area contributed by atoms with Crippen molar-refractivity contribution in [2.45, 2.75) is 36.1 Å². The quantitative estimate of drug-likeness (QED) is 0.631. The van der Waals surface area contributed by atoms with E-state index < -0.39 is 0 Å². The van der Waals surface area contributed by atoms with E-state index in [4.69, 9.17) is 6.42 Å². The second kappa shape index (κ2) is 6.14. The molecule has 1 aliphatic rings. The Labute approximate surface area is 108 Å². The molecule has 1 heterocycles. The van der Waals surface area contributed by atoms with E-state index in [1.807, 2.05) is 11.8 Å². The largest absolute Gasteiger partial charge is 0.316 e. The van der Waals surface area contributed by atoms with Crippen LogP contribution in [0.4, 0.5) is 0 Å². The third kappa shape index (κ3) is 2.86. The van der Waals surface area contributed by atoms with Gasteiger partial charge in [-0.3, -0.25) is 0 Å². The smallest absolute Gasteiger partial charge is 0.0142 e. The molecule has 0 bridgehead atoms. The zero-order valence-electron chi connectivity index (χ0n) is 10.3. The van der Waals surface area contributed by atoms with Crippen LogP contribution in [-0.4, -0.2) is 18.8 Å². The SMILES string of the molecule is C#CCCCC(NC)C1CSc2ccccc21. The van der Waals surface area contributed by atoms with Crippen molar-refractivity contribution in [3.63, 3.8) is 0 Å². The zero-order chi connectivity index (χ0) is 12.1. The zero-order valence-corrected chi connectivity index (χ0v) is 11.1. The van der Waals surface area contributed by atoms with Gasteiger partial charge in [0, 0.05) is 29.0 Å². The summed E-state index contributed by atoms with van der Waals surface area (Å²) in [7, 11) is 2.06. The molecule has 1 nitrogen and oxygen atoms in total. The molecule has 0 fully saturated rings. The minimum Gasteiger partial charge on any atom is -0.316 e. The first-order valence-corrected chi connectivity index (χ1v) is 7.18. The number of rotatable bonds is 5. The molecular weight excluding hydrogens is 226 g/mol. The molecule has 0 aliphatic carbocycles. The van der Waals surface area contributed by atoms with Crippen molar-refractivity contribution >= 4 is 11.8 Å². The monoisotopic (exact) mass is 245 g/mol. The molecule has 2 atom stereocenters. The van der Waals surface area contributed by atoms with Crippen LogP contribution in [-0.2, 0) is 0 Å². The first kappa shape index (κ1) is 12.5. The Kier molecular flexibility index (Phi) is 4.53. The van der Waals surface area contributed by atoms with Crippen molar-refractivity contribution in [3.05, 3.63) is 29.8 Å². The predicted octanol–water partition coefficient (Wildman–Crippen LogP) is 3.27. The maximum Gasteiger partial charge on any atom is 0.0142 e. The average Bonchev–Trinajstić information content (AvgIpc) is 2.79. The first-order valence-electron chi connectivity index (χ1n) is 6.19. The van der Waals surface area contributed by atoms with Crippen molar-refractivity contribution in [2.24, 2.45) is 0 Å². The van der Waals surface area contributed by atoms with Gasteiger partial charge >= 0.3 is 0 Å². The molecule has 1 aromatic carbocycles. The van der Waals surface area contributed by atoms with Crippen LogP contribution in [0, 0.1) is 12.3 Å². The number of unbranched alkanes of at least 4 members (excludes halogenated alkanes) is 1. The van der Waals surface area contributed by atoms with Crippen molar-refractivity contribution < 1.29 is 0 Å². The number of nitrogens with one attached hydrogen (secondary N) is 1. The Bertz CT molecular complexity index is 408. The third-order valence-corrected chi connectivity index (χ3v) is 4.64. The van der Waals surface area contributed by atoms with E-state index in [9.17, 15) is 0 Å². The fourth-order valence-electron chi connectivity index (χ4n) is 2.49. The molecule has 0 aromatic heterocycles. The van der Waals surface area contributed by atoms with E-state index in [1.165, 1.54) is 22.6 Å². The van der Waals surface area contributed by atoms with E-state index in [-0.39, 0.29) is 0 Å². The van der Waals surface area contributed by atoms with Gasteiger partial charge in [0.05, 0.1) is 0 Å². The number of hydrogen-bond acceptors (Lipinski definition) is 2.